The molecule has 0 atom stereocenters. The van der Waals surface area contributed by atoms with Gasteiger partial charge in [-0.2, -0.15) is 0 Å². The minimum atomic E-state index is -0.270. The third-order valence-corrected chi connectivity index (χ3v) is 2.29. The van der Waals surface area contributed by atoms with Crippen LogP contribution in [0.25, 0.3) is 5.69 Å². The van der Waals surface area contributed by atoms with Gasteiger partial charge in [-0.3, -0.25) is 4.57 Å². The normalized spacial score (nSPS) is 10.6. The molecule has 3 nitrogen and oxygen atoms in total. The van der Waals surface area contributed by atoms with E-state index in [1.165, 1.54) is 6.07 Å². The van der Waals surface area contributed by atoms with E-state index in [9.17, 15) is 4.39 Å². The largest absolute Gasteiger partial charge is 0.324 e. The highest BCUT2D eigenvalue weighted by atomic mass is 19.1. The highest BCUT2D eigenvalue weighted by molar-refractivity contribution is 5.36. The molecule has 1 aromatic heterocycles. The molecule has 0 aliphatic carbocycles. The number of benzene rings is 1. The van der Waals surface area contributed by atoms with Crippen molar-refractivity contribution < 1.29 is 4.39 Å². The summed E-state index contributed by atoms with van der Waals surface area (Å²) in [6, 6.07) is 6.59. The maximum atomic E-state index is 13.6. The minimum Gasteiger partial charge on any atom is -0.324 e. The fraction of sp³-hybridized carbons (Fsp3) is 0.182. The molecule has 15 heavy (non-hydrogen) atoms. The molecule has 0 amide bonds. The van der Waals surface area contributed by atoms with Gasteiger partial charge in [0, 0.05) is 11.9 Å². The number of nitrogens with two attached hydrogens (primary N) is 1. The first-order chi connectivity index (χ1) is 7.24. The van der Waals surface area contributed by atoms with Gasteiger partial charge in [0.1, 0.15) is 11.6 Å². The summed E-state index contributed by atoms with van der Waals surface area (Å²) in [6.07, 6.45) is 1.69. The molecule has 0 aliphatic rings. The van der Waals surface area contributed by atoms with Crippen molar-refractivity contribution in [2.24, 2.45) is 5.73 Å². The standard InChI is InChI=1S/C11H12FN3/c1-8-7-14-11(6-13)15(8)10-5-3-2-4-9(10)12/h2-5,7H,6,13H2,1H3. The van der Waals surface area contributed by atoms with Gasteiger partial charge in [0.05, 0.1) is 12.2 Å². The zero-order valence-corrected chi connectivity index (χ0v) is 8.44. The predicted molar refractivity (Wildman–Crippen MR) is 56.2 cm³/mol. The molecule has 0 fully saturated rings. The lowest BCUT2D eigenvalue weighted by atomic mass is 10.3. The van der Waals surface area contributed by atoms with Crippen LogP contribution in [-0.4, -0.2) is 9.55 Å². The lowest BCUT2D eigenvalue weighted by Crippen LogP contribution is -2.09. The molecule has 2 rings (SSSR count). The number of halogens is 1. The van der Waals surface area contributed by atoms with Crippen LogP contribution in [0.1, 0.15) is 11.5 Å². The minimum absolute atomic E-state index is 0.270. The molecule has 0 saturated carbocycles. The molecule has 0 bridgehead atoms. The Hall–Kier alpha value is -1.68. The van der Waals surface area contributed by atoms with E-state index in [1.54, 1.807) is 29.0 Å². The van der Waals surface area contributed by atoms with Crippen LogP contribution < -0.4 is 5.73 Å². The highest BCUT2D eigenvalue weighted by Crippen LogP contribution is 2.17. The van der Waals surface area contributed by atoms with Crippen LogP contribution in [0.15, 0.2) is 30.5 Å². The van der Waals surface area contributed by atoms with E-state index in [-0.39, 0.29) is 5.82 Å². The predicted octanol–water partition coefficient (Wildman–Crippen LogP) is 1.78. The number of rotatable bonds is 2. The van der Waals surface area contributed by atoms with Crippen LogP contribution in [-0.2, 0) is 6.54 Å². The van der Waals surface area contributed by atoms with Gasteiger partial charge in [-0.05, 0) is 19.1 Å². The van der Waals surface area contributed by atoms with E-state index in [1.807, 2.05) is 6.92 Å². The van der Waals surface area contributed by atoms with Crippen LogP contribution in [0, 0.1) is 12.7 Å². The number of nitrogens with zero attached hydrogens (tertiary/aromatic N) is 2. The molecule has 4 heteroatoms. The van der Waals surface area contributed by atoms with E-state index < -0.39 is 0 Å². The van der Waals surface area contributed by atoms with Crippen molar-refractivity contribution >= 4 is 0 Å². The molecule has 2 aromatic rings. The second-order valence-electron chi connectivity index (χ2n) is 3.31. The van der Waals surface area contributed by atoms with Gasteiger partial charge in [-0.15, -0.1) is 0 Å². The van der Waals surface area contributed by atoms with E-state index in [0.717, 1.165) is 5.69 Å². The second-order valence-corrected chi connectivity index (χ2v) is 3.31. The quantitative estimate of drug-likeness (QED) is 0.812. The van der Waals surface area contributed by atoms with E-state index in [2.05, 4.69) is 4.98 Å². The SMILES string of the molecule is Cc1cnc(CN)n1-c1ccccc1F. The molecule has 0 spiro atoms. The smallest absolute Gasteiger partial charge is 0.147 e. The third-order valence-electron chi connectivity index (χ3n) is 2.29. The van der Waals surface area contributed by atoms with Gasteiger partial charge in [-0.25, -0.2) is 9.37 Å². The Labute approximate surface area is 87.4 Å². The lowest BCUT2D eigenvalue weighted by Gasteiger charge is -2.09. The van der Waals surface area contributed by atoms with Crippen molar-refractivity contribution in [1.29, 1.82) is 0 Å². The van der Waals surface area contributed by atoms with E-state index in [0.29, 0.717) is 18.1 Å². The van der Waals surface area contributed by atoms with Crippen LogP contribution in [0.5, 0.6) is 0 Å². The first-order valence-electron chi connectivity index (χ1n) is 4.72. The monoisotopic (exact) mass is 205 g/mol. The van der Waals surface area contributed by atoms with Crippen molar-refractivity contribution in [3.8, 4) is 5.69 Å². The summed E-state index contributed by atoms with van der Waals surface area (Å²) >= 11 is 0. The summed E-state index contributed by atoms with van der Waals surface area (Å²) < 4.78 is 15.3. The summed E-state index contributed by atoms with van der Waals surface area (Å²) in [5.41, 5.74) is 6.91. The zero-order chi connectivity index (χ0) is 10.8. The molecule has 1 heterocycles. The molecule has 0 radical (unpaired) electrons. The van der Waals surface area contributed by atoms with Crippen molar-refractivity contribution in [3.63, 3.8) is 0 Å². The maximum Gasteiger partial charge on any atom is 0.147 e. The van der Waals surface area contributed by atoms with E-state index >= 15 is 0 Å². The Kier molecular flexibility index (Phi) is 2.51. The Balaban J connectivity index is 2.63. The number of hydrogen-bond donors (Lipinski definition) is 1. The Morgan fingerprint density at radius 3 is 2.80 bits per heavy atom. The zero-order valence-electron chi connectivity index (χ0n) is 8.44. The summed E-state index contributed by atoms with van der Waals surface area (Å²) in [5.74, 6) is 0.394. The number of aryl methyl sites for hydroxylation is 1. The summed E-state index contributed by atoms with van der Waals surface area (Å²) in [5, 5.41) is 0. The summed E-state index contributed by atoms with van der Waals surface area (Å²) in [7, 11) is 0. The maximum absolute atomic E-state index is 13.6. The molecule has 2 N–H and O–H groups in total. The molecule has 0 saturated heterocycles. The molecule has 0 aliphatic heterocycles. The average Bonchev–Trinajstić information content (AvgIpc) is 2.60. The highest BCUT2D eigenvalue weighted by Gasteiger charge is 2.10. The van der Waals surface area contributed by atoms with Gasteiger partial charge in [-0.1, -0.05) is 12.1 Å². The first kappa shape index (κ1) is 9.86. The van der Waals surface area contributed by atoms with Crippen LogP contribution in [0.2, 0.25) is 0 Å². The number of imidazole rings is 1. The van der Waals surface area contributed by atoms with Crippen LogP contribution in [0.3, 0.4) is 0 Å². The molecule has 1 aromatic carbocycles. The van der Waals surface area contributed by atoms with Crippen molar-refractivity contribution in [2.45, 2.75) is 13.5 Å². The number of para-hydroxylation sites is 1. The summed E-state index contributed by atoms with van der Waals surface area (Å²) in [4.78, 5) is 4.12. The number of hydrogen-bond acceptors (Lipinski definition) is 2. The Bertz CT molecular complexity index is 476. The molecule has 78 valence electrons. The van der Waals surface area contributed by atoms with Gasteiger partial charge < -0.3 is 5.73 Å². The lowest BCUT2D eigenvalue weighted by molar-refractivity contribution is 0.613. The third kappa shape index (κ3) is 1.64. The summed E-state index contributed by atoms with van der Waals surface area (Å²) in [6.45, 7) is 2.17. The number of aromatic nitrogens is 2. The van der Waals surface area contributed by atoms with Gasteiger partial charge in [0.25, 0.3) is 0 Å². The van der Waals surface area contributed by atoms with E-state index in [4.69, 9.17) is 5.73 Å². The topological polar surface area (TPSA) is 43.8 Å². The average molecular weight is 205 g/mol. The second kappa shape index (κ2) is 3.82. The van der Waals surface area contributed by atoms with Gasteiger partial charge >= 0.3 is 0 Å². The molecule has 0 unspecified atom stereocenters. The molecular formula is C11H12FN3. The van der Waals surface area contributed by atoms with Crippen molar-refractivity contribution in [1.82, 2.24) is 9.55 Å². The van der Waals surface area contributed by atoms with Crippen molar-refractivity contribution in [2.75, 3.05) is 0 Å². The fourth-order valence-corrected chi connectivity index (χ4v) is 1.59. The van der Waals surface area contributed by atoms with Gasteiger partial charge in [0.2, 0.25) is 0 Å². The van der Waals surface area contributed by atoms with Crippen molar-refractivity contribution in [3.05, 3.63) is 47.8 Å². The molecular weight excluding hydrogens is 193 g/mol. The first-order valence-corrected chi connectivity index (χ1v) is 4.72. The Morgan fingerprint density at radius 1 is 1.40 bits per heavy atom. The Morgan fingerprint density at radius 2 is 2.13 bits per heavy atom. The van der Waals surface area contributed by atoms with Crippen LogP contribution >= 0.6 is 0 Å². The van der Waals surface area contributed by atoms with Gasteiger partial charge in [0.15, 0.2) is 0 Å². The fourth-order valence-electron chi connectivity index (χ4n) is 1.59. The van der Waals surface area contributed by atoms with Crippen LogP contribution in [0.4, 0.5) is 4.39 Å².